The van der Waals surface area contributed by atoms with Gasteiger partial charge in [-0.3, -0.25) is 9.89 Å². The molecule has 1 amide bonds. The van der Waals surface area contributed by atoms with E-state index in [2.05, 4.69) is 25.5 Å². The van der Waals surface area contributed by atoms with Crippen molar-refractivity contribution in [3.8, 4) is 11.1 Å². The number of H-pyrrole nitrogens is 1. The topological polar surface area (TPSA) is 88.1 Å². The number of fused-ring (bicyclic) bond motifs is 1. The molecular weight excluding hydrogens is 466 g/mol. The predicted octanol–water partition coefficient (Wildman–Crippen LogP) is 4.86. The average Bonchev–Trinajstić information content (AvgIpc) is 3.47. The quantitative estimate of drug-likeness (QED) is 0.423. The van der Waals surface area contributed by atoms with E-state index in [-0.39, 0.29) is 11.3 Å². The molecule has 0 unspecified atom stereocenters. The highest BCUT2D eigenvalue weighted by molar-refractivity contribution is 6.04. The molecule has 3 heterocycles. The Bertz CT molecular complexity index is 1450. The summed E-state index contributed by atoms with van der Waals surface area (Å²) in [6.45, 7) is 9.90. The van der Waals surface area contributed by atoms with Crippen LogP contribution in [-0.4, -0.2) is 52.2 Å². The Labute approximate surface area is 207 Å². The molecule has 0 spiro atoms. The van der Waals surface area contributed by atoms with Gasteiger partial charge >= 0.3 is 0 Å². The van der Waals surface area contributed by atoms with Crippen LogP contribution in [0.3, 0.4) is 0 Å². The summed E-state index contributed by atoms with van der Waals surface area (Å²) in [5.74, 6) is -2.14. The van der Waals surface area contributed by atoms with Gasteiger partial charge in [0.2, 0.25) is 5.95 Å². The van der Waals surface area contributed by atoms with Crippen LogP contribution in [0.1, 0.15) is 36.7 Å². The third-order valence-corrected chi connectivity index (χ3v) is 6.34. The SMILES string of the molecule is Cc1cc(F)c(NC(=O)c2cnn(C(C)(C)C)c2F)cc1-c1cc(N2CCOCC2)c2[nH]ncc2c1. The minimum Gasteiger partial charge on any atom is -0.378 e. The van der Waals surface area contributed by atoms with E-state index in [0.29, 0.717) is 18.8 Å². The lowest BCUT2D eigenvalue weighted by Crippen LogP contribution is -2.36. The highest BCUT2D eigenvalue weighted by Crippen LogP contribution is 2.36. The minimum absolute atomic E-state index is 0.0382. The number of nitrogens with one attached hydrogen (secondary N) is 2. The molecule has 1 aliphatic rings. The fourth-order valence-electron chi connectivity index (χ4n) is 4.47. The standard InChI is InChI=1S/C26H28F2N6O2/c1-15-9-20(27)21(31-25(35)19-14-30-34(24(19)28)26(2,3)4)12-18(15)16-10-17-13-29-32-23(17)22(11-16)33-5-7-36-8-6-33/h9-14H,5-8H2,1-4H3,(H,29,32)(H,31,35). The van der Waals surface area contributed by atoms with Crippen LogP contribution in [0.5, 0.6) is 0 Å². The number of rotatable bonds is 4. The molecule has 2 aromatic heterocycles. The fraction of sp³-hybridized carbons (Fsp3) is 0.346. The normalized spacial score (nSPS) is 14.4. The molecule has 1 saturated heterocycles. The Kier molecular flexibility index (Phi) is 5.99. The van der Waals surface area contributed by atoms with Gasteiger partial charge in [-0.15, -0.1) is 0 Å². The molecule has 188 valence electrons. The van der Waals surface area contributed by atoms with Crippen LogP contribution >= 0.6 is 0 Å². The Hall–Kier alpha value is -3.79. The molecule has 0 atom stereocenters. The largest absolute Gasteiger partial charge is 0.378 e. The number of amides is 1. The van der Waals surface area contributed by atoms with E-state index in [0.717, 1.165) is 51.7 Å². The summed E-state index contributed by atoms with van der Waals surface area (Å²) in [5, 5.41) is 14.7. The van der Waals surface area contributed by atoms with Crippen molar-refractivity contribution in [2.45, 2.75) is 33.2 Å². The number of ether oxygens (including phenoxy) is 1. The van der Waals surface area contributed by atoms with Crippen LogP contribution in [0.4, 0.5) is 20.2 Å². The van der Waals surface area contributed by atoms with Gasteiger partial charge in [0.05, 0.1) is 48.0 Å². The summed E-state index contributed by atoms with van der Waals surface area (Å²) in [7, 11) is 0. The third kappa shape index (κ3) is 4.32. The van der Waals surface area contributed by atoms with Gasteiger partial charge in [-0.1, -0.05) is 0 Å². The first kappa shape index (κ1) is 23.9. The number of aromatic nitrogens is 4. The first-order valence-corrected chi connectivity index (χ1v) is 11.8. The fourth-order valence-corrected chi connectivity index (χ4v) is 4.47. The van der Waals surface area contributed by atoms with Crippen molar-refractivity contribution < 1.29 is 18.3 Å². The molecule has 0 bridgehead atoms. The molecule has 0 aliphatic carbocycles. The summed E-state index contributed by atoms with van der Waals surface area (Å²) in [5.41, 5.74) is 3.27. The van der Waals surface area contributed by atoms with E-state index in [1.807, 2.05) is 19.1 Å². The number of hydrogen-bond acceptors (Lipinski definition) is 5. The number of aromatic amines is 1. The summed E-state index contributed by atoms with van der Waals surface area (Å²) in [4.78, 5) is 15.1. The smallest absolute Gasteiger partial charge is 0.262 e. The molecule has 36 heavy (non-hydrogen) atoms. The first-order valence-electron chi connectivity index (χ1n) is 11.8. The van der Waals surface area contributed by atoms with Crippen molar-refractivity contribution in [1.29, 1.82) is 0 Å². The molecule has 5 rings (SSSR count). The number of aryl methyl sites for hydroxylation is 1. The number of benzene rings is 2. The van der Waals surface area contributed by atoms with Crippen molar-refractivity contribution in [3.05, 3.63) is 59.6 Å². The molecule has 0 saturated carbocycles. The van der Waals surface area contributed by atoms with Gasteiger partial charge in [0.15, 0.2) is 0 Å². The van der Waals surface area contributed by atoms with Crippen molar-refractivity contribution in [3.63, 3.8) is 0 Å². The van der Waals surface area contributed by atoms with Crippen LogP contribution < -0.4 is 10.2 Å². The van der Waals surface area contributed by atoms with Crippen LogP contribution in [0.2, 0.25) is 0 Å². The monoisotopic (exact) mass is 494 g/mol. The molecule has 10 heteroatoms. The number of anilines is 2. The van der Waals surface area contributed by atoms with Gasteiger partial charge in [0.25, 0.3) is 5.91 Å². The second kappa shape index (κ2) is 9.02. The average molecular weight is 495 g/mol. The van der Waals surface area contributed by atoms with Crippen molar-refractivity contribution in [2.24, 2.45) is 0 Å². The van der Waals surface area contributed by atoms with Gasteiger partial charge in [0, 0.05) is 18.5 Å². The number of carbonyl (C=O) groups excluding carboxylic acids is 1. The number of hydrogen-bond donors (Lipinski definition) is 2. The third-order valence-electron chi connectivity index (χ3n) is 6.34. The summed E-state index contributed by atoms with van der Waals surface area (Å²) < 4.78 is 36.4. The maximum atomic E-state index is 14.9. The molecule has 4 aromatic rings. The maximum absolute atomic E-state index is 14.9. The predicted molar refractivity (Wildman–Crippen MR) is 134 cm³/mol. The molecular formula is C26H28F2N6O2. The number of nitrogens with zero attached hydrogens (tertiary/aromatic N) is 4. The Morgan fingerprint density at radius 2 is 1.86 bits per heavy atom. The van der Waals surface area contributed by atoms with Gasteiger partial charge in [-0.25, -0.2) is 9.07 Å². The van der Waals surface area contributed by atoms with Gasteiger partial charge < -0.3 is 15.0 Å². The molecule has 0 radical (unpaired) electrons. The van der Waals surface area contributed by atoms with Crippen molar-refractivity contribution in [1.82, 2.24) is 20.0 Å². The van der Waals surface area contributed by atoms with E-state index in [1.54, 1.807) is 33.0 Å². The first-order chi connectivity index (χ1) is 17.1. The zero-order valence-corrected chi connectivity index (χ0v) is 20.7. The minimum atomic E-state index is -0.770. The second-order valence-corrected chi connectivity index (χ2v) is 9.96. The Morgan fingerprint density at radius 3 is 2.56 bits per heavy atom. The zero-order valence-electron chi connectivity index (χ0n) is 20.7. The van der Waals surface area contributed by atoms with Crippen LogP contribution in [-0.2, 0) is 10.3 Å². The molecule has 2 N–H and O–H groups in total. The molecule has 8 nitrogen and oxygen atoms in total. The number of carbonyl (C=O) groups is 1. The number of morpholine rings is 1. The van der Waals surface area contributed by atoms with E-state index < -0.39 is 23.2 Å². The Balaban J connectivity index is 1.52. The second-order valence-electron chi connectivity index (χ2n) is 9.96. The lowest BCUT2D eigenvalue weighted by Gasteiger charge is -2.29. The number of halogens is 2. The van der Waals surface area contributed by atoms with Crippen molar-refractivity contribution >= 4 is 28.2 Å². The van der Waals surface area contributed by atoms with Crippen LogP contribution in [0.15, 0.2) is 36.7 Å². The van der Waals surface area contributed by atoms with Gasteiger partial charge in [0.1, 0.15) is 11.4 Å². The summed E-state index contributed by atoms with van der Waals surface area (Å²) in [6.07, 6.45) is 2.91. The highest BCUT2D eigenvalue weighted by atomic mass is 19.1. The summed E-state index contributed by atoms with van der Waals surface area (Å²) in [6, 6.07) is 6.96. The maximum Gasteiger partial charge on any atom is 0.262 e. The van der Waals surface area contributed by atoms with E-state index >= 15 is 0 Å². The van der Waals surface area contributed by atoms with E-state index in [4.69, 9.17) is 4.74 Å². The van der Waals surface area contributed by atoms with E-state index in [1.165, 1.54) is 6.07 Å². The lowest BCUT2D eigenvalue weighted by atomic mass is 9.97. The van der Waals surface area contributed by atoms with E-state index in [9.17, 15) is 13.6 Å². The highest BCUT2D eigenvalue weighted by Gasteiger charge is 2.25. The molecule has 1 fully saturated rings. The Morgan fingerprint density at radius 1 is 1.11 bits per heavy atom. The van der Waals surface area contributed by atoms with Crippen LogP contribution in [0, 0.1) is 18.7 Å². The summed E-state index contributed by atoms with van der Waals surface area (Å²) >= 11 is 0. The van der Waals surface area contributed by atoms with Gasteiger partial charge in [-0.05, 0) is 68.7 Å². The van der Waals surface area contributed by atoms with Crippen molar-refractivity contribution in [2.75, 3.05) is 36.5 Å². The lowest BCUT2D eigenvalue weighted by molar-refractivity contribution is 0.102. The van der Waals surface area contributed by atoms with Gasteiger partial charge in [-0.2, -0.15) is 14.6 Å². The van der Waals surface area contributed by atoms with Crippen LogP contribution in [0.25, 0.3) is 22.0 Å². The molecule has 1 aliphatic heterocycles. The molecule has 2 aromatic carbocycles. The zero-order chi connectivity index (χ0) is 25.6.